The third kappa shape index (κ3) is 3.51. The third-order valence-electron chi connectivity index (χ3n) is 5.57. The van der Waals surface area contributed by atoms with Crippen molar-refractivity contribution in [1.29, 1.82) is 0 Å². The molecule has 1 aliphatic rings. The van der Waals surface area contributed by atoms with E-state index in [2.05, 4.69) is 5.32 Å². The standard InChI is InChI=1S/C24H21F3N2O3/c1-31-18-10-8-16(9-11-18)15-29-21-13-12-19(32-2)14-20(21)23(24(25,26)27,28-22(29)30)17-6-4-3-5-7-17/h3-14H,15H2,1-2H3,(H,28,30)/t23-/m1/s1. The van der Waals surface area contributed by atoms with Gasteiger partial charge < -0.3 is 14.8 Å². The average Bonchev–Trinajstić information content (AvgIpc) is 2.80. The fraction of sp³-hybridized carbons (Fsp3) is 0.208. The molecule has 0 bridgehead atoms. The van der Waals surface area contributed by atoms with Crippen molar-refractivity contribution >= 4 is 11.7 Å². The van der Waals surface area contributed by atoms with Crippen LogP contribution in [0.25, 0.3) is 0 Å². The van der Waals surface area contributed by atoms with E-state index in [-0.39, 0.29) is 29.1 Å². The fourth-order valence-corrected chi connectivity index (χ4v) is 3.96. The lowest BCUT2D eigenvalue weighted by Gasteiger charge is -2.45. The predicted octanol–water partition coefficient (Wildman–Crippen LogP) is 5.24. The molecule has 1 atom stereocenters. The number of alkyl halides is 3. The first kappa shape index (κ1) is 21.5. The van der Waals surface area contributed by atoms with Crippen LogP contribution >= 0.6 is 0 Å². The number of fused-ring (bicyclic) bond motifs is 1. The monoisotopic (exact) mass is 442 g/mol. The molecule has 1 heterocycles. The molecule has 0 spiro atoms. The van der Waals surface area contributed by atoms with Crippen molar-refractivity contribution in [2.75, 3.05) is 19.1 Å². The zero-order chi connectivity index (χ0) is 22.9. The van der Waals surface area contributed by atoms with Crippen LogP contribution in [0.2, 0.25) is 0 Å². The zero-order valence-corrected chi connectivity index (χ0v) is 17.4. The lowest BCUT2D eigenvalue weighted by atomic mass is 9.79. The van der Waals surface area contributed by atoms with Crippen molar-refractivity contribution in [3.05, 3.63) is 89.5 Å². The predicted molar refractivity (Wildman–Crippen MR) is 114 cm³/mol. The summed E-state index contributed by atoms with van der Waals surface area (Å²) in [6, 6.07) is 17.9. The minimum Gasteiger partial charge on any atom is -0.497 e. The molecule has 3 aromatic rings. The van der Waals surface area contributed by atoms with E-state index < -0.39 is 17.7 Å². The van der Waals surface area contributed by atoms with E-state index in [1.807, 2.05) is 0 Å². The van der Waals surface area contributed by atoms with Crippen LogP contribution in [0.3, 0.4) is 0 Å². The number of hydrogen-bond donors (Lipinski definition) is 1. The molecule has 4 rings (SSSR count). The molecule has 3 aromatic carbocycles. The van der Waals surface area contributed by atoms with Crippen molar-refractivity contribution in [2.24, 2.45) is 0 Å². The summed E-state index contributed by atoms with van der Waals surface area (Å²) in [5.74, 6) is 0.899. The maximum absolute atomic E-state index is 14.7. The number of nitrogens with zero attached hydrogens (tertiary/aromatic N) is 1. The molecule has 0 saturated heterocycles. The van der Waals surface area contributed by atoms with Crippen LogP contribution in [0.1, 0.15) is 16.7 Å². The molecule has 0 radical (unpaired) electrons. The highest BCUT2D eigenvalue weighted by Crippen LogP contribution is 2.50. The molecule has 0 unspecified atom stereocenters. The molecule has 5 nitrogen and oxygen atoms in total. The van der Waals surface area contributed by atoms with Gasteiger partial charge in [0.25, 0.3) is 0 Å². The Kier molecular flexibility index (Phi) is 5.46. The van der Waals surface area contributed by atoms with Gasteiger partial charge in [-0.15, -0.1) is 0 Å². The number of carbonyl (C=O) groups excluding carboxylic acids is 1. The Labute approximate surface area is 183 Å². The van der Waals surface area contributed by atoms with Gasteiger partial charge in [0.2, 0.25) is 0 Å². The molecule has 1 aliphatic heterocycles. The number of urea groups is 1. The van der Waals surface area contributed by atoms with E-state index >= 15 is 0 Å². The molecule has 8 heteroatoms. The summed E-state index contributed by atoms with van der Waals surface area (Å²) in [5, 5.41) is 2.27. The molecule has 1 N–H and O–H groups in total. The number of hydrogen-bond acceptors (Lipinski definition) is 3. The SMILES string of the molecule is COc1ccc(CN2C(=O)N[C@@](c3ccccc3)(C(F)(F)F)c3cc(OC)ccc32)cc1. The first-order valence-corrected chi connectivity index (χ1v) is 9.83. The van der Waals surface area contributed by atoms with Crippen molar-refractivity contribution < 1.29 is 27.4 Å². The smallest absolute Gasteiger partial charge is 0.420 e. The Morgan fingerprint density at radius 2 is 1.53 bits per heavy atom. The van der Waals surface area contributed by atoms with E-state index in [1.165, 1.54) is 55.5 Å². The van der Waals surface area contributed by atoms with Gasteiger partial charge in [0, 0.05) is 5.56 Å². The van der Waals surface area contributed by atoms with Crippen molar-refractivity contribution in [2.45, 2.75) is 18.3 Å². The van der Waals surface area contributed by atoms with Crippen LogP contribution in [-0.4, -0.2) is 26.4 Å². The summed E-state index contributed by atoms with van der Waals surface area (Å²) in [6.45, 7) is 0.0812. The summed E-state index contributed by atoms with van der Waals surface area (Å²) >= 11 is 0. The van der Waals surface area contributed by atoms with Gasteiger partial charge in [-0.25, -0.2) is 4.79 Å². The first-order valence-electron chi connectivity index (χ1n) is 9.83. The zero-order valence-electron chi connectivity index (χ0n) is 17.4. The highest BCUT2D eigenvalue weighted by Gasteiger charge is 2.62. The minimum absolute atomic E-state index is 0.0812. The summed E-state index contributed by atoms with van der Waals surface area (Å²) in [7, 11) is 2.92. The van der Waals surface area contributed by atoms with E-state index in [4.69, 9.17) is 9.47 Å². The van der Waals surface area contributed by atoms with Crippen molar-refractivity contribution in [3.8, 4) is 11.5 Å². The Bertz CT molecular complexity index is 1120. The van der Waals surface area contributed by atoms with Gasteiger partial charge >= 0.3 is 12.2 Å². The van der Waals surface area contributed by atoms with Crippen LogP contribution < -0.4 is 19.7 Å². The molecule has 0 aromatic heterocycles. The normalized spacial score (nSPS) is 18.0. The van der Waals surface area contributed by atoms with Crippen LogP contribution in [0, 0.1) is 0 Å². The highest BCUT2D eigenvalue weighted by atomic mass is 19.4. The van der Waals surface area contributed by atoms with Gasteiger partial charge in [0.15, 0.2) is 5.54 Å². The lowest BCUT2D eigenvalue weighted by Crippen LogP contribution is -2.63. The Morgan fingerprint density at radius 1 is 0.906 bits per heavy atom. The van der Waals surface area contributed by atoms with Crippen LogP contribution in [0.4, 0.5) is 23.7 Å². The third-order valence-corrected chi connectivity index (χ3v) is 5.57. The number of rotatable bonds is 5. The Balaban J connectivity index is 1.89. The second-order valence-electron chi connectivity index (χ2n) is 7.36. The van der Waals surface area contributed by atoms with Crippen molar-refractivity contribution in [1.82, 2.24) is 5.32 Å². The minimum atomic E-state index is -4.81. The molecule has 0 aliphatic carbocycles. The molecular formula is C24H21F3N2O3. The fourth-order valence-electron chi connectivity index (χ4n) is 3.96. The topological polar surface area (TPSA) is 50.8 Å². The molecular weight excluding hydrogens is 421 g/mol. The Morgan fingerprint density at radius 3 is 2.12 bits per heavy atom. The van der Waals surface area contributed by atoms with Gasteiger partial charge in [0.1, 0.15) is 11.5 Å². The van der Waals surface area contributed by atoms with Gasteiger partial charge in [-0.3, -0.25) is 4.90 Å². The summed E-state index contributed by atoms with van der Waals surface area (Å²) in [6.07, 6.45) is -4.81. The Hall–Kier alpha value is -3.68. The number of ether oxygens (including phenoxy) is 2. The largest absolute Gasteiger partial charge is 0.497 e. The number of halogens is 3. The molecule has 2 amide bonds. The first-order chi connectivity index (χ1) is 15.3. The number of nitrogens with one attached hydrogen (secondary N) is 1. The summed E-state index contributed by atoms with van der Waals surface area (Å²) in [5.41, 5.74) is -2.01. The number of anilines is 1. The van der Waals surface area contributed by atoms with E-state index in [0.29, 0.717) is 5.75 Å². The van der Waals surface area contributed by atoms with Gasteiger partial charge in [-0.2, -0.15) is 13.2 Å². The molecule has 166 valence electrons. The second kappa shape index (κ2) is 8.11. The van der Waals surface area contributed by atoms with Gasteiger partial charge in [-0.1, -0.05) is 42.5 Å². The van der Waals surface area contributed by atoms with E-state index in [9.17, 15) is 18.0 Å². The maximum Gasteiger partial charge on any atom is 0.420 e. The second-order valence-corrected chi connectivity index (χ2v) is 7.36. The van der Waals surface area contributed by atoms with E-state index in [1.54, 1.807) is 36.4 Å². The van der Waals surface area contributed by atoms with Crippen molar-refractivity contribution in [3.63, 3.8) is 0 Å². The molecule has 0 fully saturated rings. The van der Waals surface area contributed by atoms with E-state index in [0.717, 1.165) is 5.56 Å². The number of carbonyl (C=O) groups is 1. The van der Waals surface area contributed by atoms with Crippen LogP contribution in [0.15, 0.2) is 72.8 Å². The lowest BCUT2D eigenvalue weighted by molar-refractivity contribution is -0.184. The quantitative estimate of drug-likeness (QED) is 0.588. The highest BCUT2D eigenvalue weighted by molar-refractivity contribution is 5.97. The number of amides is 2. The summed E-state index contributed by atoms with van der Waals surface area (Å²) in [4.78, 5) is 14.4. The number of benzene rings is 3. The van der Waals surface area contributed by atoms with Crippen LogP contribution in [0.5, 0.6) is 11.5 Å². The maximum atomic E-state index is 14.7. The van der Waals surface area contributed by atoms with Gasteiger partial charge in [0.05, 0.1) is 26.5 Å². The molecule has 32 heavy (non-hydrogen) atoms. The van der Waals surface area contributed by atoms with Crippen LogP contribution in [-0.2, 0) is 12.1 Å². The average molecular weight is 442 g/mol. The molecule has 0 saturated carbocycles. The van der Waals surface area contributed by atoms with Gasteiger partial charge in [-0.05, 0) is 41.5 Å². The number of methoxy groups -OCH3 is 2. The summed E-state index contributed by atoms with van der Waals surface area (Å²) < 4.78 is 54.5.